The zero-order valence-electron chi connectivity index (χ0n) is 6.44. The second-order valence-electron chi connectivity index (χ2n) is 2.18. The zero-order valence-corrected chi connectivity index (χ0v) is 6.44. The monoisotopic (exact) mass is 168 g/mol. The molecule has 0 spiro atoms. The van der Waals surface area contributed by atoms with Gasteiger partial charge in [-0.1, -0.05) is 0 Å². The first-order valence-corrected chi connectivity index (χ1v) is 3.18. The SMILES string of the molecule is Cn1cnc(C(N)=O)c1NC=O. The van der Waals surface area contributed by atoms with Gasteiger partial charge in [0.25, 0.3) is 5.91 Å². The molecule has 0 saturated carbocycles. The molecule has 6 nitrogen and oxygen atoms in total. The number of amides is 2. The van der Waals surface area contributed by atoms with Crippen LogP contribution in [0.15, 0.2) is 6.33 Å². The number of nitrogens with two attached hydrogens (primary N) is 1. The lowest BCUT2D eigenvalue weighted by molar-refractivity contribution is -0.105. The van der Waals surface area contributed by atoms with Crippen molar-refractivity contribution in [1.82, 2.24) is 9.55 Å². The minimum atomic E-state index is -0.667. The third-order valence-electron chi connectivity index (χ3n) is 1.37. The van der Waals surface area contributed by atoms with E-state index in [9.17, 15) is 9.59 Å². The van der Waals surface area contributed by atoms with E-state index in [0.29, 0.717) is 12.2 Å². The number of rotatable bonds is 3. The zero-order chi connectivity index (χ0) is 9.14. The van der Waals surface area contributed by atoms with Crippen LogP contribution in [0.1, 0.15) is 10.5 Å². The summed E-state index contributed by atoms with van der Waals surface area (Å²) in [6.45, 7) is 0. The highest BCUT2D eigenvalue weighted by atomic mass is 16.1. The molecule has 64 valence electrons. The third-order valence-corrected chi connectivity index (χ3v) is 1.37. The van der Waals surface area contributed by atoms with E-state index in [4.69, 9.17) is 5.73 Å². The summed E-state index contributed by atoms with van der Waals surface area (Å²) in [5, 5.41) is 2.32. The minimum absolute atomic E-state index is 0.0598. The second-order valence-corrected chi connectivity index (χ2v) is 2.18. The second kappa shape index (κ2) is 3.04. The maximum absolute atomic E-state index is 10.7. The summed E-state index contributed by atoms with van der Waals surface area (Å²) >= 11 is 0. The van der Waals surface area contributed by atoms with Crippen molar-refractivity contribution in [1.29, 1.82) is 0 Å². The lowest BCUT2D eigenvalue weighted by atomic mass is 10.4. The van der Waals surface area contributed by atoms with Crippen molar-refractivity contribution in [2.24, 2.45) is 12.8 Å². The van der Waals surface area contributed by atoms with Gasteiger partial charge in [0.2, 0.25) is 6.41 Å². The molecule has 0 saturated heterocycles. The number of hydrogen-bond acceptors (Lipinski definition) is 3. The highest BCUT2D eigenvalue weighted by molar-refractivity contribution is 5.97. The number of nitrogens with one attached hydrogen (secondary N) is 1. The molecular formula is C6H8N4O2. The van der Waals surface area contributed by atoms with Crippen molar-refractivity contribution >= 4 is 18.1 Å². The molecular weight excluding hydrogens is 160 g/mol. The quantitative estimate of drug-likeness (QED) is 0.572. The largest absolute Gasteiger partial charge is 0.364 e. The number of imidazole rings is 1. The molecule has 0 aliphatic carbocycles. The van der Waals surface area contributed by atoms with Crippen LogP contribution in [0.2, 0.25) is 0 Å². The minimum Gasteiger partial charge on any atom is -0.364 e. The van der Waals surface area contributed by atoms with Crippen molar-refractivity contribution < 1.29 is 9.59 Å². The number of aromatic nitrogens is 2. The van der Waals surface area contributed by atoms with Gasteiger partial charge in [0.15, 0.2) is 5.69 Å². The molecule has 2 amide bonds. The number of hydrogen-bond donors (Lipinski definition) is 2. The normalized spacial score (nSPS) is 9.42. The first-order valence-electron chi connectivity index (χ1n) is 3.18. The number of anilines is 1. The highest BCUT2D eigenvalue weighted by Crippen LogP contribution is 2.10. The number of nitrogens with zero attached hydrogens (tertiary/aromatic N) is 2. The van der Waals surface area contributed by atoms with E-state index < -0.39 is 5.91 Å². The van der Waals surface area contributed by atoms with Crippen molar-refractivity contribution in [3.05, 3.63) is 12.0 Å². The predicted molar refractivity (Wildman–Crippen MR) is 41.4 cm³/mol. The first-order chi connectivity index (χ1) is 5.66. The van der Waals surface area contributed by atoms with Crippen LogP contribution in [0.25, 0.3) is 0 Å². The van der Waals surface area contributed by atoms with E-state index >= 15 is 0 Å². The summed E-state index contributed by atoms with van der Waals surface area (Å²) in [6, 6.07) is 0. The van der Waals surface area contributed by atoms with Crippen LogP contribution in [-0.2, 0) is 11.8 Å². The fourth-order valence-electron chi connectivity index (χ4n) is 0.837. The smallest absolute Gasteiger partial charge is 0.271 e. The van der Waals surface area contributed by atoms with Crippen LogP contribution in [0.5, 0.6) is 0 Å². The molecule has 0 atom stereocenters. The summed E-state index contributed by atoms with van der Waals surface area (Å²) in [6.07, 6.45) is 1.86. The van der Waals surface area contributed by atoms with E-state index in [-0.39, 0.29) is 5.69 Å². The Morgan fingerprint density at radius 3 is 3.00 bits per heavy atom. The molecule has 1 heterocycles. The van der Waals surface area contributed by atoms with Gasteiger partial charge in [-0.15, -0.1) is 0 Å². The number of carbonyl (C=O) groups excluding carboxylic acids is 2. The molecule has 0 aliphatic rings. The fraction of sp³-hybridized carbons (Fsp3) is 0.167. The number of carbonyl (C=O) groups is 2. The molecule has 3 N–H and O–H groups in total. The molecule has 1 aromatic heterocycles. The lowest BCUT2D eigenvalue weighted by Crippen LogP contribution is -2.15. The Hall–Kier alpha value is -1.85. The summed E-state index contributed by atoms with van der Waals surface area (Å²) in [5.41, 5.74) is 5.05. The van der Waals surface area contributed by atoms with Crippen LogP contribution >= 0.6 is 0 Å². The van der Waals surface area contributed by atoms with Crippen LogP contribution in [0.4, 0.5) is 5.82 Å². The van der Waals surface area contributed by atoms with Gasteiger partial charge in [-0.2, -0.15) is 0 Å². The van der Waals surface area contributed by atoms with E-state index in [2.05, 4.69) is 10.3 Å². The van der Waals surface area contributed by atoms with E-state index in [1.165, 1.54) is 10.9 Å². The van der Waals surface area contributed by atoms with Crippen LogP contribution in [0, 0.1) is 0 Å². The molecule has 1 rings (SSSR count). The Morgan fingerprint density at radius 1 is 1.83 bits per heavy atom. The average molecular weight is 168 g/mol. The molecule has 12 heavy (non-hydrogen) atoms. The molecule has 6 heteroatoms. The highest BCUT2D eigenvalue weighted by Gasteiger charge is 2.12. The number of primary amides is 1. The van der Waals surface area contributed by atoms with Gasteiger partial charge in [-0.05, 0) is 0 Å². The third kappa shape index (κ3) is 1.26. The lowest BCUT2D eigenvalue weighted by Gasteiger charge is -1.99. The first kappa shape index (κ1) is 8.25. The van der Waals surface area contributed by atoms with Gasteiger partial charge in [0, 0.05) is 7.05 Å². The van der Waals surface area contributed by atoms with Crippen LogP contribution in [0.3, 0.4) is 0 Å². The van der Waals surface area contributed by atoms with Crippen LogP contribution in [-0.4, -0.2) is 21.9 Å². The van der Waals surface area contributed by atoms with E-state index in [1.807, 2.05) is 0 Å². The van der Waals surface area contributed by atoms with Gasteiger partial charge < -0.3 is 15.6 Å². The Morgan fingerprint density at radius 2 is 2.50 bits per heavy atom. The fourth-order valence-corrected chi connectivity index (χ4v) is 0.837. The van der Waals surface area contributed by atoms with Gasteiger partial charge in [-0.25, -0.2) is 4.98 Å². The number of aryl methyl sites for hydroxylation is 1. The summed E-state index contributed by atoms with van der Waals surface area (Å²) < 4.78 is 1.49. The molecule has 0 fully saturated rings. The van der Waals surface area contributed by atoms with Gasteiger partial charge in [-0.3, -0.25) is 9.59 Å². The molecule has 0 unspecified atom stereocenters. The molecule has 0 aromatic carbocycles. The molecule has 0 bridgehead atoms. The standard InChI is InChI=1S/C6H8N4O2/c1-10-2-8-4(5(7)12)6(10)9-3-11/h2-3H,1H3,(H2,7,12)(H,9,11). The molecule has 1 aromatic rings. The topological polar surface area (TPSA) is 90.0 Å². The van der Waals surface area contributed by atoms with Crippen molar-refractivity contribution in [3.8, 4) is 0 Å². The average Bonchev–Trinajstić information content (AvgIpc) is 2.34. The Bertz CT molecular complexity index is 317. The van der Waals surface area contributed by atoms with Gasteiger partial charge >= 0.3 is 0 Å². The van der Waals surface area contributed by atoms with Crippen LogP contribution < -0.4 is 11.1 Å². The van der Waals surface area contributed by atoms with Gasteiger partial charge in [0.1, 0.15) is 5.82 Å². The van der Waals surface area contributed by atoms with Crippen molar-refractivity contribution in [2.45, 2.75) is 0 Å². The van der Waals surface area contributed by atoms with Crippen molar-refractivity contribution in [2.75, 3.05) is 5.32 Å². The van der Waals surface area contributed by atoms with E-state index in [0.717, 1.165) is 0 Å². The molecule has 0 aliphatic heterocycles. The summed E-state index contributed by atoms with van der Waals surface area (Å²) in [5.74, 6) is -0.363. The Labute approximate surface area is 68.4 Å². The maximum atomic E-state index is 10.7. The maximum Gasteiger partial charge on any atom is 0.271 e. The van der Waals surface area contributed by atoms with E-state index in [1.54, 1.807) is 7.05 Å². The Kier molecular flexibility index (Phi) is 2.09. The van der Waals surface area contributed by atoms with Crippen molar-refractivity contribution in [3.63, 3.8) is 0 Å². The summed E-state index contributed by atoms with van der Waals surface area (Å²) in [7, 11) is 1.64. The molecule has 0 radical (unpaired) electrons. The van der Waals surface area contributed by atoms with Gasteiger partial charge in [0.05, 0.1) is 6.33 Å². The predicted octanol–water partition coefficient (Wildman–Crippen LogP) is -0.913. The Balaban J connectivity index is 3.11. The summed E-state index contributed by atoms with van der Waals surface area (Å²) in [4.78, 5) is 24.5.